The summed E-state index contributed by atoms with van der Waals surface area (Å²) in [4.78, 5) is 10.8. The first-order valence-corrected chi connectivity index (χ1v) is 4.66. The number of rotatable bonds is 2. The molecule has 0 bridgehead atoms. The normalized spacial score (nSPS) is 28.9. The van der Waals surface area contributed by atoms with Crippen LogP contribution >= 0.6 is 0 Å². The molecule has 76 valence electrons. The molecule has 0 radical (unpaired) electrons. The molecule has 1 aliphatic rings. The van der Waals surface area contributed by atoms with Gasteiger partial charge >= 0.3 is 5.97 Å². The summed E-state index contributed by atoms with van der Waals surface area (Å²) in [6.45, 7) is 2.11. The maximum atomic E-state index is 10.8. The number of hydrogen-bond donors (Lipinski definition) is 2. The van der Waals surface area contributed by atoms with E-state index < -0.39 is 12.3 Å². The summed E-state index contributed by atoms with van der Waals surface area (Å²) in [6.07, 6.45) is 1.76. The lowest BCUT2D eigenvalue weighted by molar-refractivity contribution is -0.180. The molecular weight excluding hydrogens is 172 g/mol. The van der Waals surface area contributed by atoms with Crippen molar-refractivity contribution >= 4 is 5.97 Å². The van der Waals surface area contributed by atoms with Crippen LogP contribution in [0, 0.1) is 5.92 Å². The number of hydrogen-bond acceptors (Lipinski definition) is 4. The molecule has 4 nitrogen and oxygen atoms in total. The van der Waals surface area contributed by atoms with Crippen molar-refractivity contribution in [1.29, 1.82) is 0 Å². The highest BCUT2D eigenvalue weighted by Crippen LogP contribution is 2.25. The van der Waals surface area contributed by atoms with E-state index in [0.717, 1.165) is 25.7 Å². The van der Waals surface area contributed by atoms with Crippen LogP contribution in [0.25, 0.3) is 0 Å². The molecule has 0 spiro atoms. The molecule has 0 aromatic heterocycles. The second-order valence-corrected chi connectivity index (χ2v) is 3.70. The molecule has 0 aromatic rings. The smallest absolute Gasteiger partial charge is 0.363 e. The minimum Gasteiger partial charge on any atom is -0.459 e. The summed E-state index contributed by atoms with van der Waals surface area (Å²) in [5.74, 6) is -0.374. The highest BCUT2D eigenvalue weighted by atomic mass is 16.6. The summed E-state index contributed by atoms with van der Waals surface area (Å²) < 4.78 is 4.88. The van der Waals surface area contributed by atoms with Gasteiger partial charge in [-0.15, -0.1) is 0 Å². The maximum absolute atomic E-state index is 10.8. The summed E-state index contributed by atoms with van der Waals surface area (Å²) in [5.41, 5.74) is 0. The van der Waals surface area contributed by atoms with Crippen LogP contribution in [0.5, 0.6) is 0 Å². The van der Waals surface area contributed by atoms with Gasteiger partial charge in [-0.1, -0.05) is 13.3 Å². The van der Waals surface area contributed by atoms with Crippen LogP contribution in [0.15, 0.2) is 0 Å². The van der Waals surface area contributed by atoms with Gasteiger partial charge in [0.05, 0.1) is 0 Å². The van der Waals surface area contributed by atoms with Crippen LogP contribution in [0.2, 0.25) is 0 Å². The van der Waals surface area contributed by atoms with Crippen LogP contribution < -0.4 is 0 Å². The van der Waals surface area contributed by atoms with Gasteiger partial charge in [0.25, 0.3) is 6.29 Å². The average Bonchev–Trinajstić information content (AvgIpc) is 2.04. The van der Waals surface area contributed by atoms with Crippen molar-refractivity contribution in [2.24, 2.45) is 5.92 Å². The molecule has 0 saturated heterocycles. The van der Waals surface area contributed by atoms with E-state index in [0.29, 0.717) is 5.92 Å². The van der Waals surface area contributed by atoms with Gasteiger partial charge in [0.2, 0.25) is 0 Å². The van der Waals surface area contributed by atoms with Crippen LogP contribution in [-0.4, -0.2) is 28.6 Å². The molecular formula is C9H16O4. The number of carbonyl (C=O) groups excluding carboxylic acids is 1. The minimum absolute atomic E-state index is 0.127. The van der Waals surface area contributed by atoms with E-state index in [2.05, 4.69) is 6.92 Å². The zero-order valence-corrected chi connectivity index (χ0v) is 7.77. The molecule has 1 saturated carbocycles. The van der Waals surface area contributed by atoms with Gasteiger partial charge in [-0.2, -0.15) is 0 Å². The predicted octanol–water partition coefficient (Wildman–Crippen LogP) is 0.419. The molecule has 0 aromatic carbocycles. The third kappa shape index (κ3) is 3.32. The first-order valence-electron chi connectivity index (χ1n) is 4.66. The monoisotopic (exact) mass is 188 g/mol. The van der Waals surface area contributed by atoms with Crippen LogP contribution in [0.4, 0.5) is 0 Å². The lowest BCUT2D eigenvalue weighted by Crippen LogP contribution is -2.30. The highest BCUT2D eigenvalue weighted by molar-refractivity contribution is 5.72. The van der Waals surface area contributed by atoms with E-state index in [4.69, 9.17) is 14.9 Å². The van der Waals surface area contributed by atoms with E-state index in [1.54, 1.807) is 0 Å². The fraction of sp³-hybridized carbons (Fsp3) is 0.889. The molecule has 2 unspecified atom stereocenters. The van der Waals surface area contributed by atoms with Gasteiger partial charge in [0.15, 0.2) is 0 Å². The summed E-state index contributed by atoms with van der Waals surface area (Å²) in [6, 6.07) is 0. The maximum Gasteiger partial charge on any atom is 0.363 e. The Kier molecular flexibility index (Phi) is 3.69. The van der Waals surface area contributed by atoms with Crippen LogP contribution in [0.1, 0.15) is 32.6 Å². The third-order valence-corrected chi connectivity index (χ3v) is 2.38. The Bertz CT molecular complexity index is 178. The lowest BCUT2D eigenvalue weighted by Gasteiger charge is -2.26. The number of carbonyl (C=O) groups is 1. The molecule has 0 aliphatic heterocycles. The number of aliphatic hydroxyl groups is 2. The second-order valence-electron chi connectivity index (χ2n) is 3.70. The van der Waals surface area contributed by atoms with Crippen molar-refractivity contribution in [3.8, 4) is 0 Å². The summed E-state index contributed by atoms with van der Waals surface area (Å²) in [5, 5.41) is 17.0. The Morgan fingerprint density at radius 1 is 1.46 bits per heavy atom. The van der Waals surface area contributed by atoms with E-state index in [9.17, 15) is 4.79 Å². The van der Waals surface area contributed by atoms with Gasteiger partial charge in [0.1, 0.15) is 6.10 Å². The zero-order chi connectivity index (χ0) is 9.84. The molecule has 1 aliphatic carbocycles. The van der Waals surface area contributed by atoms with Crippen molar-refractivity contribution in [2.75, 3.05) is 0 Å². The minimum atomic E-state index is -1.99. The topological polar surface area (TPSA) is 66.8 Å². The molecule has 0 heterocycles. The Labute approximate surface area is 77.5 Å². The van der Waals surface area contributed by atoms with E-state index in [-0.39, 0.29) is 6.10 Å². The van der Waals surface area contributed by atoms with Crippen molar-refractivity contribution in [2.45, 2.75) is 45.0 Å². The fourth-order valence-corrected chi connectivity index (χ4v) is 1.71. The average molecular weight is 188 g/mol. The Balaban J connectivity index is 2.31. The Morgan fingerprint density at radius 3 is 2.69 bits per heavy atom. The first-order chi connectivity index (χ1) is 6.09. The van der Waals surface area contributed by atoms with E-state index >= 15 is 0 Å². The van der Waals surface area contributed by atoms with Crippen molar-refractivity contribution in [1.82, 2.24) is 0 Å². The molecule has 13 heavy (non-hydrogen) atoms. The van der Waals surface area contributed by atoms with E-state index in [1.807, 2.05) is 0 Å². The fourth-order valence-electron chi connectivity index (χ4n) is 1.71. The number of esters is 1. The molecule has 4 heteroatoms. The van der Waals surface area contributed by atoms with E-state index in [1.165, 1.54) is 0 Å². The zero-order valence-electron chi connectivity index (χ0n) is 7.77. The number of aliphatic hydroxyl groups excluding tert-OH is 1. The Hall–Kier alpha value is -0.610. The summed E-state index contributed by atoms with van der Waals surface area (Å²) >= 11 is 0. The largest absolute Gasteiger partial charge is 0.459 e. The van der Waals surface area contributed by atoms with Crippen LogP contribution in [0.3, 0.4) is 0 Å². The highest BCUT2D eigenvalue weighted by Gasteiger charge is 2.24. The van der Waals surface area contributed by atoms with Gasteiger partial charge in [-0.25, -0.2) is 4.79 Å². The van der Waals surface area contributed by atoms with Crippen LogP contribution in [-0.2, 0) is 9.53 Å². The second kappa shape index (κ2) is 4.58. The SMILES string of the molecule is CC1CCCC(OC(=O)C(O)O)C1. The summed E-state index contributed by atoms with van der Waals surface area (Å²) in [7, 11) is 0. The van der Waals surface area contributed by atoms with Gasteiger partial charge < -0.3 is 14.9 Å². The molecule has 2 atom stereocenters. The molecule has 1 rings (SSSR count). The lowest BCUT2D eigenvalue weighted by atomic mass is 9.89. The number of ether oxygens (including phenoxy) is 1. The predicted molar refractivity (Wildman–Crippen MR) is 45.7 cm³/mol. The van der Waals surface area contributed by atoms with Gasteiger partial charge in [-0.05, 0) is 25.2 Å². The molecule has 1 fully saturated rings. The van der Waals surface area contributed by atoms with Gasteiger partial charge in [-0.3, -0.25) is 0 Å². The first kappa shape index (κ1) is 10.5. The standard InChI is InChI=1S/C9H16O4/c1-6-3-2-4-7(5-6)13-9(12)8(10)11/h6-8,10-11H,2-5H2,1H3. The van der Waals surface area contributed by atoms with Crippen molar-refractivity contribution in [3.63, 3.8) is 0 Å². The third-order valence-electron chi connectivity index (χ3n) is 2.38. The molecule has 0 amide bonds. The van der Waals surface area contributed by atoms with Crippen molar-refractivity contribution < 1.29 is 19.7 Å². The Morgan fingerprint density at radius 2 is 2.15 bits per heavy atom. The molecule has 2 N–H and O–H groups in total. The quantitative estimate of drug-likeness (QED) is 0.487. The van der Waals surface area contributed by atoms with Gasteiger partial charge in [0, 0.05) is 0 Å². The van der Waals surface area contributed by atoms with Crippen molar-refractivity contribution in [3.05, 3.63) is 0 Å².